The lowest BCUT2D eigenvalue weighted by Gasteiger charge is -2.28. The highest BCUT2D eigenvalue weighted by Crippen LogP contribution is 2.37. The number of rotatable bonds is 4. The minimum atomic E-state index is -4.41. The molecule has 2 heterocycles. The number of imidazole rings is 1. The van der Waals surface area contributed by atoms with Gasteiger partial charge in [0, 0.05) is 17.3 Å². The predicted octanol–water partition coefficient (Wildman–Crippen LogP) is 6.55. The van der Waals surface area contributed by atoms with Crippen molar-refractivity contribution in [3.05, 3.63) is 36.0 Å². The van der Waals surface area contributed by atoms with Gasteiger partial charge >= 0.3 is 6.18 Å². The van der Waals surface area contributed by atoms with Gasteiger partial charge in [-0.15, -0.1) is 0 Å². The van der Waals surface area contributed by atoms with Crippen LogP contribution in [0.3, 0.4) is 0 Å². The van der Waals surface area contributed by atoms with Gasteiger partial charge in [-0.2, -0.15) is 18.2 Å². The highest BCUT2D eigenvalue weighted by atomic mass is 19.4. The standard InChI is InChI=1S/C23H29F3N6/c1-14-8-10-17(11-9-14)32-19-18(13-27-20(30-19)31-22(2,3)4)29-21(32)28-16-7-5-6-15(12-16)23(24,25)26/h5-7,12-14,17H,8-11H2,1-4H3,(H,28,29)(H,27,30,31)/t14-,17+. The van der Waals surface area contributed by atoms with Gasteiger partial charge in [-0.25, -0.2) is 9.97 Å². The van der Waals surface area contributed by atoms with Gasteiger partial charge in [0.05, 0.1) is 11.8 Å². The molecule has 0 radical (unpaired) electrons. The van der Waals surface area contributed by atoms with Crippen molar-refractivity contribution in [1.29, 1.82) is 0 Å². The van der Waals surface area contributed by atoms with Crippen LogP contribution in [0.5, 0.6) is 0 Å². The van der Waals surface area contributed by atoms with Crippen LogP contribution in [0.15, 0.2) is 30.5 Å². The van der Waals surface area contributed by atoms with Gasteiger partial charge in [0.15, 0.2) is 5.65 Å². The minimum absolute atomic E-state index is 0.168. The molecule has 0 spiro atoms. The van der Waals surface area contributed by atoms with Crippen LogP contribution in [-0.2, 0) is 6.18 Å². The molecule has 0 unspecified atom stereocenters. The van der Waals surface area contributed by atoms with E-state index < -0.39 is 11.7 Å². The predicted molar refractivity (Wildman–Crippen MR) is 120 cm³/mol. The second-order valence-corrected chi connectivity index (χ2v) is 9.70. The highest BCUT2D eigenvalue weighted by molar-refractivity contribution is 5.76. The second-order valence-electron chi connectivity index (χ2n) is 9.70. The molecule has 2 N–H and O–H groups in total. The molecule has 0 atom stereocenters. The van der Waals surface area contributed by atoms with E-state index in [0.717, 1.165) is 37.8 Å². The van der Waals surface area contributed by atoms with Gasteiger partial charge in [0.1, 0.15) is 5.52 Å². The van der Waals surface area contributed by atoms with E-state index in [1.54, 1.807) is 12.3 Å². The number of hydrogen-bond donors (Lipinski definition) is 2. The molecule has 0 bridgehead atoms. The normalized spacial score (nSPS) is 19.8. The summed E-state index contributed by atoms with van der Waals surface area (Å²) in [5, 5.41) is 6.40. The lowest BCUT2D eigenvalue weighted by Crippen LogP contribution is -2.27. The first-order valence-electron chi connectivity index (χ1n) is 11.0. The molecule has 4 rings (SSSR count). The van der Waals surface area contributed by atoms with Crippen LogP contribution >= 0.6 is 0 Å². The maximum absolute atomic E-state index is 13.2. The number of aromatic nitrogens is 4. The van der Waals surface area contributed by atoms with Gasteiger partial charge in [-0.1, -0.05) is 13.0 Å². The van der Waals surface area contributed by atoms with Crippen molar-refractivity contribution in [3.63, 3.8) is 0 Å². The van der Waals surface area contributed by atoms with Crippen LogP contribution in [-0.4, -0.2) is 25.1 Å². The number of halogens is 3. The molecule has 0 amide bonds. The molecule has 1 aliphatic carbocycles. The maximum atomic E-state index is 13.2. The molecule has 2 aromatic heterocycles. The number of alkyl halides is 3. The van der Waals surface area contributed by atoms with Crippen molar-refractivity contribution >= 4 is 28.7 Å². The van der Waals surface area contributed by atoms with Crippen LogP contribution < -0.4 is 10.6 Å². The molecule has 1 fully saturated rings. The van der Waals surface area contributed by atoms with Crippen LogP contribution in [0.2, 0.25) is 0 Å². The molecule has 3 aromatic rings. The molecule has 1 aromatic carbocycles. The fraction of sp³-hybridized carbons (Fsp3) is 0.522. The SMILES string of the molecule is CC(C)(C)Nc1ncc2nc(Nc3cccc(C(F)(F)F)c3)n([C@H]3CC[C@@H](C)CC3)c2n1. The zero-order chi connectivity index (χ0) is 23.1. The third kappa shape index (κ3) is 4.97. The number of hydrogen-bond acceptors (Lipinski definition) is 5. The summed E-state index contributed by atoms with van der Waals surface area (Å²) < 4.78 is 41.6. The quantitative estimate of drug-likeness (QED) is 0.476. The first kappa shape index (κ1) is 22.4. The molecular formula is C23H29F3N6. The van der Waals surface area contributed by atoms with Crippen LogP contribution in [0.25, 0.3) is 11.2 Å². The van der Waals surface area contributed by atoms with Gasteiger partial charge in [-0.05, 0) is 70.6 Å². The molecule has 1 saturated carbocycles. The van der Waals surface area contributed by atoms with Gasteiger partial charge in [0.2, 0.25) is 11.9 Å². The Hall–Kier alpha value is -2.84. The van der Waals surface area contributed by atoms with E-state index in [0.29, 0.717) is 34.7 Å². The zero-order valence-corrected chi connectivity index (χ0v) is 18.8. The Morgan fingerprint density at radius 1 is 1.03 bits per heavy atom. The van der Waals surface area contributed by atoms with E-state index in [2.05, 4.69) is 27.5 Å². The molecular weight excluding hydrogens is 417 g/mol. The van der Waals surface area contributed by atoms with E-state index in [-0.39, 0.29) is 11.6 Å². The molecule has 172 valence electrons. The maximum Gasteiger partial charge on any atom is 0.416 e. The van der Waals surface area contributed by atoms with E-state index in [9.17, 15) is 13.2 Å². The van der Waals surface area contributed by atoms with Crippen LogP contribution in [0.1, 0.15) is 65.0 Å². The lowest BCUT2D eigenvalue weighted by molar-refractivity contribution is -0.137. The van der Waals surface area contributed by atoms with Gasteiger partial charge in [-0.3, -0.25) is 4.57 Å². The third-order valence-corrected chi connectivity index (χ3v) is 5.72. The van der Waals surface area contributed by atoms with Crippen LogP contribution in [0, 0.1) is 5.92 Å². The van der Waals surface area contributed by atoms with Crippen molar-refractivity contribution in [2.24, 2.45) is 5.92 Å². The molecule has 0 aliphatic heterocycles. The summed E-state index contributed by atoms with van der Waals surface area (Å²) >= 11 is 0. The largest absolute Gasteiger partial charge is 0.416 e. The number of fused-ring (bicyclic) bond motifs is 1. The fourth-order valence-corrected chi connectivity index (χ4v) is 4.12. The Labute approximate surface area is 185 Å². The number of anilines is 3. The smallest absolute Gasteiger partial charge is 0.350 e. The Balaban J connectivity index is 1.76. The zero-order valence-electron chi connectivity index (χ0n) is 18.8. The van der Waals surface area contributed by atoms with Crippen LogP contribution in [0.4, 0.5) is 30.8 Å². The Bertz CT molecular complexity index is 1090. The summed E-state index contributed by atoms with van der Waals surface area (Å²) in [5.74, 6) is 1.65. The Morgan fingerprint density at radius 3 is 2.41 bits per heavy atom. The highest BCUT2D eigenvalue weighted by Gasteiger charge is 2.31. The summed E-state index contributed by atoms with van der Waals surface area (Å²) in [6, 6.07) is 5.34. The summed E-state index contributed by atoms with van der Waals surface area (Å²) in [6.07, 6.45) is 1.37. The van der Waals surface area contributed by atoms with E-state index in [1.165, 1.54) is 6.07 Å². The van der Waals surface area contributed by atoms with E-state index >= 15 is 0 Å². The van der Waals surface area contributed by atoms with E-state index in [4.69, 9.17) is 4.98 Å². The number of nitrogens with one attached hydrogen (secondary N) is 2. The van der Waals surface area contributed by atoms with Crippen molar-refractivity contribution < 1.29 is 13.2 Å². The van der Waals surface area contributed by atoms with Crippen molar-refractivity contribution in [2.45, 2.75) is 71.1 Å². The van der Waals surface area contributed by atoms with Crippen molar-refractivity contribution in [3.8, 4) is 0 Å². The summed E-state index contributed by atoms with van der Waals surface area (Å²) in [7, 11) is 0. The lowest BCUT2D eigenvalue weighted by atomic mass is 9.87. The topological polar surface area (TPSA) is 67.7 Å². The van der Waals surface area contributed by atoms with Crippen molar-refractivity contribution in [1.82, 2.24) is 19.5 Å². The minimum Gasteiger partial charge on any atom is -0.350 e. The Kier molecular flexibility index (Phi) is 5.77. The first-order valence-corrected chi connectivity index (χ1v) is 11.0. The fourth-order valence-electron chi connectivity index (χ4n) is 4.12. The summed E-state index contributed by atoms with van der Waals surface area (Å²) in [6.45, 7) is 8.33. The number of benzene rings is 1. The van der Waals surface area contributed by atoms with E-state index in [1.807, 2.05) is 25.3 Å². The monoisotopic (exact) mass is 446 g/mol. The molecule has 9 heteroatoms. The molecule has 1 aliphatic rings. The molecule has 6 nitrogen and oxygen atoms in total. The first-order chi connectivity index (χ1) is 15.0. The average Bonchev–Trinajstić information content (AvgIpc) is 3.04. The summed E-state index contributed by atoms with van der Waals surface area (Å²) in [5.41, 5.74) is 0.714. The van der Waals surface area contributed by atoms with Crippen molar-refractivity contribution in [2.75, 3.05) is 10.6 Å². The Morgan fingerprint density at radius 2 is 1.75 bits per heavy atom. The number of nitrogens with zero attached hydrogens (tertiary/aromatic N) is 4. The second kappa shape index (κ2) is 8.26. The summed E-state index contributed by atoms with van der Waals surface area (Å²) in [4.78, 5) is 13.8. The van der Waals surface area contributed by atoms with Gasteiger partial charge in [0.25, 0.3) is 0 Å². The average molecular weight is 447 g/mol. The van der Waals surface area contributed by atoms with Gasteiger partial charge < -0.3 is 10.6 Å². The molecule has 0 saturated heterocycles. The molecule has 32 heavy (non-hydrogen) atoms. The third-order valence-electron chi connectivity index (χ3n) is 5.72.